The molecule has 1 aliphatic heterocycles. The second kappa shape index (κ2) is 8.73. The van der Waals surface area contributed by atoms with E-state index in [2.05, 4.69) is 0 Å². The summed E-state index contributed by atoms with van der Waals surface area (Å²) in [5, 5.41) is 9.91. The maximum atomic E-state index is 12.7. The third-order valence-corrected chi connectivity index (χ3v) is 4.05. The number of hydrogen-bond acceptors (Lipinski definition) is 4. The Bertz CT molecular complexity index is 400. The molecule has 1 heterocycles. The zero-order valence-corrected chi connectivity index (χ0v) is 13.7. The van der Waals surface area contributed by atoms with Gasteiger partial charge in [-0.15, -0.1) is 0 Å². The first-order valence-corrected chi connectivity index (χ1v) is 7.84. The quantitative estimate of drug-likeness (QED) is 0.407. The van der Waals surface area contributed by atoms with Crippen LogP contribution in [0.1, 0.15) is 39.0 Å². The van der Waals surface area contributed by atoms with Crippen molar-refractivity contribution in [2.75, 3.05) is 27.2 Å². The Hall–Kier alpha value is -1.63. The topological polar surface area (TPSA) is 81.2 Å². The molecule has 0 aromatic carbocycles. The van der Waals surface area contributed by atoms with E-state index >= 15 is 0 Å². The van der Waals surface area contributed by atoms with Gasteiger partial charge in [0.1, 0.15) is 6.04 Å². The maximum Gasteiger partial charge on any atom is 0.244 e. The first-order valence-electron chi connectivity index (χ1n) is 7.84. The number of rotatable bonds is 8. The lowest BCUT2D eigenvalue weighted by atomic mass is 9.99. The normalized spacial score (nSPS) is 18.9. The van der Waals surface area contributed by atoms with Crippen LogP contribution < -0.4 is 0 Å². The fourth-order valence-corrected chi connectivity index (χ4v) is 2.83. The number of hydroxylamine groups is 2. The summed E-state index contributed by atoms with van der Waals surface area (Å²) in [6, 6.07) is -0.421. The fraction of sp³-hybridized carbons (Fsp3) is 0.800. The lowest BCUT2D eigenvalue weighted by Crippen LogP contribution is -2.49. The average Bonchev–Trinajstić information content (AvgIpc) is 2.98. The van der Waals surface area contributed by atoms with Crippen LogP contribution in [0.4, 0.5) is 0 Å². The van der Waals surface area contributed by atoms with E-state index in [1.54, 1.807) is 19.0 Å². The minimum Gasteiger partial charge on any atom is -0.347 e. The highest BCUT2D eigenvalue weighted by molar-refractivity contribution is 5.89. The van der Waals surface area contributed by atoms with E-state index < -0.39 is 12.0 Å². The van der Waals surface area contributed by atoms with Crippen molar-refractivity contribution in [2.24, 2.45) is 5.92 Å². The highest BCUT2D eigenvalue weighted by Gasteiger charge is 2.37. The van der Waals surface area contributed by atoms with Crippen LogP contribution in [0.2, 0.25) is 0 Å². The minimum atomic E-state index is -0.467. The number of nitrogens with zero attached hydrogens (tertiary/aromatic N) is 3. The molecule has 126 valence electrons. The van der Waals surface area contributed by atoms with Gasteiger partial charge in [0.15, 0.2) is 0 Å². The smallest absolute Gasteiger partial charge is 0.244 e. The first kappa shape index (κ1) is 18.4. The number of likely N-dealkylation sites (N-methyl/N-ethyl adjacent to an activating group) is 1. The number of likely N-dealkylation sites (tertiary alicyclic amines) is 1. The summed E-state index contributed by atoms with van der Waals surface area (Å²) in [5.41, 5.74) is 0. The van der Waals surface area contributed by atoms with Gasteiger partial charge in [-0.2, -0.15) is 0 Å². The molecule has 1 rings (SSSR count). The Labute approximate surface area is 131 Å². The molecular formula is C15H27N3O4. The van der Waals surface area contributed by atoms with Gasteiger partial charge in [-0.3, -0.25) is 19.6 Å². The Balaban J connectivity index is 2.81. The first-order chi connectivity index (χ1) is 10.4. The molecule has 0 radical (unpaired) electrons. The number of unbranched alkanes of at least 4 members (excludes halogenated alkanes) is 1. The molecule has 1 fully saturated rings. The van der Waals surface area contributed by atoms with Crippen molar-refractivity contribution in [2.45, 2.75) is 45.1 Å². The van der Waals surface area contributed by atoms with Gasteiger partial charge < -0.3 is 9.80 Å². The van der Waals surface area contributed by atoms with E-state index in [4.69, 9.17) is 0 Å². The van der Waals surface area contributed by atoms with Gasteiger partial charge in [0, 0.05) is 20.6 Å². The summed E-state index contributed by atoms with van der Waals surface area (Å²) in [6.07, 6.45) is 4.13. The molecule has 3 amide bonds. The number of carbonyl (C=O) groups is 3. The van der Waals surface area contributed by atoms with Crippen LogP contribution in [0, 0.1) is 5.92 Å². The fourth-order valence-electron chi connectivity index (χ4n) is 2.83. The summed E-state index contributed by atoms with van der Waals surface area (Å²) in [5.74, 6) is -0.686. The summed E-state index contributed by atoms with van der Waals surface area (Å²) < 4.78 is 0. The Morgan fingerprint density at radius 3 is 2.64 bits per heavy atom. The largest absolute Gasteiger partial charge is 0.347 e. The molecule has 7 heteroatoms. The third-order valence-electron chi connectivity index (χ3n) is 4.05. The molecule has 0 saturated carbocycles. The molecule has 7 nitrogen and oxygen atoms in total. The molecule has 2 atom stereocenters. The number of amides is 3. The predicted molar refractivity (Wildman–Crippen MR) is 81.0 cm³/mol. The van der Waals surface area contributed by atoms with E-state index in [9.17, 15) is 19.6 Å². The van der Waals surface area contributed by atoms with E-state index in [1.807, 2.05) is 6.92 Å². The second-order valence-electron chi connectivity index (χ2n) is 5.99. The van der Waals surface area contributed by atoms with Crippen LogP contribution in [0.3, 0.4) is 0 Å². The molecule has 1 N–H and O–H groups in total. The summed E-state index contributed by atoms with van der Waals surface area (Å²) in [7, 11) is 3.36. The molecule has 0 spiro atoms. The van der Waals surface area contributed by atoms with Gasteiger partial charge in [0.05, 0.1) is 12.5 Å². The van der Waals surface area contributed by atoms with Crippen molar-refractivity contribution in [3.8, 4) is 0 Å². The van der Waals surface area contributed by atoms with E-state index in [0.717, 1.165) is 19.3 Å². The van der Waals surface area contributed by atoms with E-state index in [1.165, 1.54) is 4.90 Å². The lowest BCUT2D eigenvalue weighted by Gasteiger charge is -2.30. The summed E-state index contributed by atoms with van der Waals surface area (Å²) >= 11 is 0. The van der Waals surface area contributed by atoms with Gasteiger partial charge in [-0.1, -0.05) is 19.8 Å². The van der Waals surface area contributed by atoms with E-state index in [-0.39, 0.29) is 18.4 Å². The van der Waals surface area contributed by atoms with E-state index in [0.29, 0.717) is 30.9 Å². The van der Waals surface area contributed by atoms with Gasteiger partial charge in [-0.05, 0) is 19.3 Å². The van der Waals surface area contributed by atoms with Crippen molar-refractivity contribution < 1.29 is 19.6 Å². The molecule has 0 aromatic rings. The highest BCUT2D eigenvalue weighted by atomic mass is 16.5. The molecule has 22 heavy (non-hydrogen) atoms. The zero-order chi connectivity index (χ0) is 16.7. The van der Waals surface area contributed by atoms with Crippen LogP contribution in [-0.2, 0) is 14.4 Å². The Morgan fingerprint density at radius 2 is 2.09 bits per heavy atom. The third kappa shape index (κ3) is 4.69. The Morgan fingerprint density at radius 1 is 1.41 bits per heavy atom. The zero-order valence-electron chi connectivity index (χ0n) is 13.7. The van der Waals surface area contributed by atoms with Gasteiger partial charge >= 0.3 is 0 Å². The van der Waals surface area contributed by atoms with Crippen LogP contribution in [0.5, 0.6) is 0 Å². The van der Waals surface area contributed by atoms with Crippen molar-refractivity contribution >= 4 is 18.2 Å². The average molecular weight is 313 g/mol. The van der Waals surface area contributed by atoms with Gasteiger partial charge in [0.2, 0.25) is 18.2 Å². The number of carbonyl (C=O) groups excluding carboxylic acids is 3. The second-order valence-corrected chi connectivity index (χ2v) is 5.99. The lowest BCUT2D eigenvalue weighted by molar-refractivity contribution is -0.158. The maximum absolute atomic E-state index is 12.7. The summed E-state index contributed by atoms with van der Waals surface area (Å²) in [6.45, 7) is 2.55. The molecule has 0 unspecified atom stereocenters. The standard InChI is InChI=1S/C15H27N3O4/c1-4-5-7-12(10-17(22)11-19)14(20)18-9-6-8-13(18)15(21)16(2)3/h11-13,22H,4-10H2,1-3H3/t12-,13+/m1/s1. The molecule has 0 bridgehead atoms. The monoisotopic (exact) mass is 313 g/mol. The highest BCUT2D eigenvalue weighted by Crippen LogP contribution is 2.23. The SMILES string of the molecule is CCCC[C@H](CN(O)C=O)C(=O)N1CCC[C@H]1C(=O)N(C)C. The van der Waals surface area contributed by atoms with Crippen LogP contribution >= 0.6 is 0 Å². The summed E-state index contributed by atoms with van der Waals surface area (Å²) in [4.78, 5) is 38.7. The van der Waals surface area contributed by atoms with Crippen molar-refractivity contribution in [3.63, 3.8) is 0 Å². The van der Waals surface area contributed by atoms with Crippen molar-refractivity contribution in [3.05, 3.63) is 0 Å². The molecular weight excluding hydrogens is 286 g/mol. The van der Waals surface area contributed by atoms with Gasteiger partial charge in [-0.25, -0.2) is 5.06 Å². The van der Waals surface area contributed by atoms with Crippen LogP contribution in [-0.4, -0.2) is 71.5 Å². The molecule has 0 aromatic heterocycles. The molecule has 1 saturated heterocycles. The van der Waals surface area contributed by atoms with Gasteiger partial charge in [0.25, 0.3) is 0 Å². The number of hydrogen-bond donors (Lipinski definition) is 1. The Kier molecular flexibility index (Phi) is 7.31. The van der Waals surface area contributed by atoms with Crippen molar-refractivity contribution in [1.29, 1.82) is 0 Å². The molecule has 1 aliphatic rings. The molecule has 0 aliphatic carbocycles. The minimum absolute atomic E-state index is 0.0261. The van der Waals surface area contributed by atoms with Crippen LogP contribution in [0.15, 0.2) is 0 Å². The van der Waals surface area contributed by atoms with Crippen LogP contribution in [0.25, 0.3) is 0 Å². The predicted octanol–water partition coefficient (Wildman–Crippen LogP) is 0.720. The van der Waals surface area contributed by atoms with Crippen molar-refractivity contribution in [1.82, 2.24) is 14.9 Å².